The molecule has 2 aromatic rings. The maximum atomic E-state index is 14.1. The lowest BCUT2D eigenvalue weighted by molar-refractivity contribution is -0.137. The van der Waals surface area contributed by atoms with E-state index in [1.165, 1.54) is 0 Å². The van der Waals surface area contributed by atoms with E-state index in [-0.39, 0.29) is 19.6 Å². The smallest absolute Gasteiger partial charge is 0.250 e. The first-order valence-electron chi connectivity index (χ1n) is 8.42. The lowest BCUT2D eigenvalue weighted by Gasteiger charge is -2.32. The van der Waals surface area contributed by atoms with Gasteiger partial charge in [-0.05, 0) is 17.2 Å². The second-order valence-electron chi connectivity index (χ2n) is 6.21. The Bertz CT molecular complexity index is 770. The van der Waals surface area contributed by atoms with Crippen LogP contribution < -0.4 is 5.73 Å². The molecule has 0 radical (unpaired) electrons. The van der Waals surface area contributed by atoms with E-state index >= 15 is 0 Å². The number of benzene rings is 1. The van der Waals surface area contributed by atoms with Crippen LogP contribution in [0.1, 0.15) is 23.8 Å². The molecule has 0 bridgehead atoms. The summed E-state index contributed by atoms with van der Waals surface area (Å²) in [5, 5.41) is 9.74. The van der Waals surface area contributed by atoms with E-state index < -0.39 is 29.2 Å². The minimum Gasteiger partial charge on any atom is -0.388 e. The van der Waals surface area contributed by atoms with Crippen molar-refractivity contribution in [1.82, 2.24) is 4.98 Å². The number of primary amides is 1. The van der Waals surface area contributed by atoms with Crippen LogP contribution in [0.25, 0.3) is 11.1 Å². The Hall–Kier alpha value is -1.80. The largest absolute Gasteiger partial charge is 0.388 e. The van der Waals surface area contributed by atoms with Gasteiger partial charge in [0.2, 0.25) is 0 Å². The van der Waals surface area contributed by atoms with Crippen LogP contribution in [-0.4, -0.2) is 40.7 Å². The molecular formula is C19H20Cl2F2N2O3. The molecule has 1 aliphatic rings. The van der Waals surface area contributed by atoms with Gasteiger partial charge in [0.1, 0.15) is 0 Å². The zero-order valence-electron chi connectivity index (χ0n) is 14.8. The van der Waals surface area contributed by atoms with Gasteiger partial charge in [-0.3, -0.25) is 14.2 Å². The molecule has 9 heteroatoms. The van der Waals surface area contributed by atoms with E-state index in [1.54, 1.807) is 24.4 Å². The van der Waals surface area contributed by atoms with Crippen molar-refractivity contribution in [3.8, 4) is 11.1 Å². The Balaban J connectivity index is 0.000000409. The first kappa shape index (κ1) is 22.5. The number of amides is 1. The zero-order chi connectivity index (χ0) is 20.7. The third kappa shape index (κ3) is 5.85. The SMILES string of the molecule is NC(=O)C(Cl)Cl.OC(CCF)c1ccc(-c2ccc(C3(F)COC3)nc2)cc1. The van der Waals surface area contributed by atoms with Crippen molar-refractivity contribution in [3.63, 3.8) is 0 Å². The van der Waals surface area contributed by atoms with Crippen molar-refractivity contribution in [1.29, 1.82) is 0 Å². The number of hydrogen-bond donors (Lipinski definition) is 2. The van der Waals surface area contributed by atoms with Gasteiger partial charge in [-0.25, -0.2) is 4.39 Å². The summed E-state index contributed by atoms with van der Waals surface area (Å²) < 4.78 is 31.3. The Morgan fingerprint density at radius 3 is 2.18 bits per heavy atom. The average Bonchev–Trinajstić information content (AvgIpc) is 2.67. The minimum atomic E-state index is -1.46. The molecule has 0 aliphatic carbocycles. The van der Waals surface area contributed by atoms with Crippen LogP contribution in [0, 0.1) is 0 Å². The second-order valence-corrected chi connectivity index (χ2v) is 7.31. The number of aromatic nitrogens is 1. The average molecular weight is 433 g/mol. The number of carbonyl (C=O) groups excluding carboxylic acids is 1. The molecule has 28 heavy (non-hydrogen) atoms. The molecule has 1 aliphatic heterocycles. The van der Waals surface area contributed by atoms with Crippen molar-refractivity contribution < 1.29 is 23.4 Å². The van der Waals surface area contributed by atoms with E-state index in [2.05, 4.69) is 10.7 Å². The number of nitrogens with zero attached hydrogens (tertiary/aromatic N) is 1. The number of ether oxygens (including phenoxy) is 1. The highest BCUT2D eigenvalue weighted by molar-refractivity contribution is 6.53. The molecule has 0 spiro atoms. The Kier molecular flexibility index (Phi) is 8.12. The van der Waals surface area contributed by atoms with Gasteiger partial charge in [0.25, 0.3) is 5.91 Å². The number of nitrogens with two attached hydrogens (primary N) is 1. The number of pyridine rings is 1. The number of halogens is 4. The summed E-state index contributed by atoms with van der Waals surface area (Å²) in [6, 6.07) is 10.7. The van der Waals surface area contributed by atoms with Crippen LogP contribution in [0.15, 0.2) is 42.6 Å². The second kappa shape index (κ2) is 10.1. The molecule has 0 saturated carbocycles. The molecule has 2 heterocycles. The fourth-order valence-corrected chi connectivity index (χ4v) is 2.43. The molecular weight excluding hydrogens is 413 g/mol. The van der Waals surface area contributed by atoms with Gasteiger partial charge >= 0.3 is 0 Å². The summed E-state index contributed by atoms with van der Waals surface area (Å²) in [6.45, 7) is -0.440. The van der Waals surface area contributed by atoms with Crippen LogP contribution in [0.5, 0.6) is 0 Å². The number of aliphatic hydroxyl groups is 1. The highest BCUT2D eigenvalue weighted by atomic mass is 35.5. The molecule has 1 saturated heterocycles. The lowest BCUT2D eigenvalue weighted by atomic mass is 9.97. The number of alkyl halides is 4. The van der Waals surface area contributed by atoms with Crippen LogP contribution >= 0.6 is 23.2 Å². The van der Waals surface area contributed by atoms with E-state index in [9.17, 15) is 18.7 Å². The van der Waals surface area contributed by atoms with Gasteiger partial charge < -0.3 is 15.6 Å². The monoisotopic (exact) mass is 432 g/mol. The number of rotatable bonds is 6. The fourth-order valence-electron chi connectivity index (χ4n) is 2.43. The molecule has 1 fully saturated rings. The highest BCUT2D eigenvalue weighted by Gasteiger charge is 2.41. The maximum Gasteiger partial charge on any atom is 0.250 e. The summed E-state index contributed by atoms with van der Waals surface area (Å²) in [6.07, 6.45) is 0.933. The van der Waals surface area contributed by atoms with Crippen molar-refractivity contribution in [2.24, 2.45) is 5.73 Å². The third-order valence-electron chi connectivity index (χ3n) is 4.11. The summed E-state index contributed by atoms with van der Waals surface area (Å²) in [5.74, 6) is -0.710. The molecule has 1 aromatic carbocycles. The predicted octanol–water partition coefficient (Wildman–Crippen LogP) is 3.61. The van der Waals surface area contributed by atoms with Gasteiger partial charge in [-0.2, -0.15) is 0 Å². The Morgan fingerprint density at radius 2 is 1.79 bits per heavy atom. The van der Waals surface area contributed by atoms with Crippen molar-refractivity contribution in [3.05, 3.63) is 53.9 Å². The van der Waals surface area contributed by atoms with Crippen LogP contribution in [0.4, 0.5) is 8.78 Å². The van der Waals surface area contributed by atoms with Crippen molar-refractivity contribution >= 4 is 29.1 Å². The normalized spacial score (nSPS) is 15.9. The van der Waals surface area contributed by atoms with E-state index in [0.29, 0.717) is 11.3 Å². The number of carbonyl (C=O) groups is 1. The minimum absolute atomic E-state index is 0.0561. The molecule has 1 aromatic heterocycles. The molecule has 5 nitrogen and oxygen atoms in total. The molecule has 1 unspecified atom stereocenters. The first-order chi connectivity index (χ1) is 13.3. The number of hydrogen-bond acceptors (Lipinski definition) is 4. The van der Waals surface area contributed by atoms with E-state index in [4.69, 9.17) is 27.9 Å². The quantitative estimate of drug-likeness (QED) is 0.682. The molecule has 3 N–H and O–H groups in total. The maximum absolute atomic E-state index is 14.1. The topological polar surface area (TPSA) is 85.4 Å². The van der Waals surface area contributed by atoms with Crippen molar-refractivity contribution in [2.45, 2.75) is 23.0 Å². The van der Waals surface area contributed by atoms with E-state index in [1.807, 2.05) is 18.2 Å². The van der Waals surface area contributed by atoms with Gasteiger partial charge in [-0.15, -0.1) is 0 Å². The van der Waals surface area contributed by atoms with Crippen LogP contribution in [0.3, 0.4) is 0 Å². The molecule has 1 amide bonds. The molecule has 152 valence electrons. The Morgan fingerprint density at radius 1 is 1.21 bits per heavy atom. The lowest BCUT2D eigenvalue weighted by Crippen LogP contribution is -2.43. The van der Waals surface area contributed by atoms with Crippen LogP contribution in [0.2, 0.25) is 0 Å². The summed E-state index contributed by atoms with van der Waals surface area (Å²) in [4.78, 5) is 12.8. The first-order valence-corrected chi connectivity index (χ1v) is 9.29. The standard InChI is InChI=1S/C17H17F2NO2.C2H3Cl2NO/c18-8-7-15(21)13-3-1-12(2-4-13)14-5-6-16(20-9-14)17(19)10-22-11-17;3-1(4)2(5)6/h1-6,9,15,21H,7-8,10-11H2;1H,(H2,5,6). The zero-order valence-corrected chi connectivity index (χ0v) is 16.3. The summed E-state index contributed by atoms with van der Waals surface area (Å²) in [7, 11) is 0. The van der Waals surface area contributed by atoms with Gasteiger partial charge in [-0.1, -0.05) is 53.5 Å². The highest BCUT2D eigenvalue weighted by Crippen LogP contribution is 2.33. The van der Waals surface area contributed by atoms with Gasteiger partial charge in [0.15, 0.2) is 10.5 Å². The molecule has 1 atom stereocenters. The summed E-state index contributed by atoms with van der Waals surface area (Å²) in [5.41, 5.74) is 5.91. The van der Waals surface area contributed by atoms with Gasteiger partial charge in [0.05, 0.1) is 31.7 Å². The van der Waals surface area contributed by atoms with E-state index in [0.717, 1.165) is 11.1 Å². The molecule has 3 rings (SSSR count). The third-order valence-corrected chi connectivity index (χ3v) is 4.54. The Labute approximate surface area is 171 Å². The van der Waals surface area contributed by atoms with Crippen molar-refractivity contribution in [2.75, 3.05) is 19.9 Å². The van der Waals surface area contributed by atoms with Gasteiger partial charge in [0, 0.05) is 18.2 Å². The number of aliphatic hydroxyl groups excluding tert-OH is 1. The fraction of sp³-hybridized carbons (Fsp3) is 0.368. The summed E-state index contributed by atoms with van der Waals surface area (Å²) >= 11 is 9.81. The van der Waals surface area contributed by atoms with Crippen LogP contribution in [-0.2, 0) is 15.2 Å². The predicted molar refractivity (Wildman–Crippen MR) is 104 cm³/mol.